The molecule has 112 valence electrons. The highest BCUT2D eigenvalue weighted by Gasteiger charge is 2.50. The maximum absolute atomic E-state index is 11.5. The molecule has 3 rings (SSSR count). The van der Waals surface area contributed by atoms with Crippen LogP contribution < -0.4 is 16.4 Å². The maximum Gasteiger partial charge on any atom is 0.314 e. The molecule has 0 saturated heterocycles. The Hall–Kier alpha value is -1.88. The van der Waals surface area contributed by atoms with Crippen LogP contribution in [0, 0.1) is 11.3 Å². The van der Waals surface area contributed by atoms with Gasteiger partial charge in [0.05, 0.1) is 11.0 Å². The molecule has 2 aromatic rings. The molecule has 5 nitrogen and oxygen atoms in total. The largest absolute Gasteiger partial charge is 0.316 e. The lowest BCUT2D eigenvalue weighted by Crippen LogP contribution is -2.29. The highest BCUT2D eigenvalue weighted by atomic mass is 16.2. The summed E-state index contributed by atoms with van der Waals surface area (Å²) in [6.45, 7) is 7.56. The van der Waals surface area contributed by atoms with Gasteiger partial charge in [0.25, 0.3) is 0 Å². The van der Waals surface area contributed by atoms with Crippen LogP contribution in [0.1, 0.15) is 38.8 Å². The van der Waals surface area contributed by atoms with Gasteiger partial charge < -0.3 is 15.3 Å². The van der Waals surface area contributed by atoms with Gasteiger partial charge in [0.2, 0.25) is 0 Å². The molecule has 1 fully saturated rings. The molecule has 2 atom stereocenters. The van der Waals surface area contributed by atoms with Gasteiger partial charge in [-0.05, 0) is 42.0 Å². The molecule has 0 bridgehead atoms. The minimum atomic E-state index is -0.609. The zero-order chi connectivity index (χ0) is 15.2. The number of hydrogen-bond donors (Lipinski definition) is 3. The Morgan fingerprint density at radius 3 is 2.43 bits per heavy atom. The monoisotopic (exact) mass is 287 g/mol. The van der Waals surface area contributed by atoms with Gasteiger partial charge in [-0.2, -0.15) is 0 Å². The van der Waals surface area contributed by atoms with E-state index in [-0.39, 0.29) is 6.04 Å². The van der Waals surface area contributed by atoms with Crippen molar-refractivity contribution >= 4 is 11.0 Å². The van der Waals surface area contributed by atoms with Crippen LogP contribution in [-0.4, -0.2) is 16.5 Å². The molecule has 1 heterocycles. The second kappa shape index (κ2) is 4.84. The van der Waals surface area contributed by atoms with Crippen LogP contribution >= 0.6 is 0 Å². The SMILES string of the molecule is CCNC(c1ccc2[nH]c(=O)c(=O)[nH]c2c1)C1CC1(C)C. The van der Waals surface area contributed by atoms with E-state index in [2.05, 4.69) is 36.1 Å². The van der Waals surface area contributed by atoms with Gasteiger partial charge in [-0.1, -0.05) is 26.8 Å². The number of fused-ring (bicyclic) bond motifs is 1. The van der Waals surface area contributed by atoms with E-state index >= 15 is 0 Å². The van der Waals surface area contributed by atoms with Crippen LogP contribution in [0.25, 0.3) is 11.0 Å². The van der Waals surface area contributed by atoms with E-state index in [1.807, 2.05) is 18.2 Å². The Bertz CT molecular complexity index is 788. The number of rotatable bonds is 4. The minimum Gasteiger partial charge on any atom is -0.316 e. The van der Waals surface area contributed by atoms with Gasteiger partial charge in [0, 0.05) is 6.04 Å². The van der Waals surface area contributed by atoms with E-state index in [0.717, 1.165) is 12.1 Å². The summed E-state index contributed by atoms with van der Waals surface area (Å²) < 4.78 is 0. The topological polar surface area (TPSA) is 77.8 Å². The lowest BCUT2D eigenvalue weighted by atomic mass is 9.96. The molecular formula is C16H21N3O2. The molecule has 0 amide bonds. The van der Waals surface area contributed by atoms with Crippen molar-refractivity contribution < 1.29 is 0 Å². The summed E-state index contributed by atoms with van der Waals surface area (Å²) >= 11 is 0. The smallest absolute Gasteiger partial charge is 0.314 e. The predicted molar refractivity (Wildman–Crippen MR) is 83.5 cm³/mol. The summed E-state index contributed by atoms with van der Waals surface area (Å²) in [6.07, 6.45) is 1.20. The zero-order valence-electron chi connectivity index (χ0n) is 12.6. The van der Waals surface area contributed by atoms with Crippen molar-refractivity contribution in [2.75, 3.05) is 6.54 Å². The van der Waals surface area contributed by atoms with Crippen LogP contribution in [0.15, 0.2) is 27.8 Å². The average Bonchev–Trinajstić information content (AvgIpc) is 3.05. The molecular weight excluding hydrogens is 266 g/mol. The molecule has 2 unspecified atom stereocenters. The Balaban J connectivity index is 2.04. The van der Waals surface area contributed by atoms with Crippen LogP contribution in [0.5, 0.6) is 0 Å². The molecule has 21 heavy (non-hydrogen) atoms. The van der Waals surface area contributed by atoms with Crippen LogP contribution in [0.3, 0.4) is 0 Å². The summed E-state index contributed by atoms with van der Waals surface area (Å²) in [5.74, 6) is 0.601. The summed E-state index contributed by atoms with van der Waals surface area (Å²) in [6, 6.07) is 6.14. The second-order valence-corrected chi connectivity index (χ2v) is 6.55. The fourth-order valence-corrected chi connectivity index (χ4v) is 3.12. The van der Waals surface area contributed by atoms with Crippen molar-refractivity contribution in [3.8, 4) is 0 Å². The number of aromatic nitrogens is 2. The van der Waals surface area contributed by atoms with E-state index in [1.54, 1.807) is 0 Å². The van der Waals surface area contributed by atoms with Crippen molar-refractivity contribution in [3.05, 3.63) is 44.5 Å². The quantitative estimate of drug-likeness (QED) is 0.752. The van der Waals surface area contributed by atoms with E-state index in [4.69, 9.17) is 0 Å². The Labute approximate surface area is 122 Å². The van der Waals surface area contributed by atoms with E-state index in [0.29, 0.717) is 22.4 Å². The number of nitrogens with one attached hydrogen (secondary N) is 3. The third kappa shape index (κ3) is 2.53. The van der Waals surface area contributed by atoms with E-state index in [9.17, 15) is 9.59 Å². The Morgan fingerprint density at radius 2 is 1.86 bits per heavy atom. The van der Waals surface area contributed by atoms with Crippen molar-refractivity contribution in [2.45, 2.75) is 33.2 Å². The summed E-state index contributed by atoms with van der Waals surface area (Å²) in [5.41, 5.74) is 1.64. The van der Waals surface area contributed by atoms with Crippen LogP contribution in [0.2, 0.25) is 0 Å². The Kier molecular flexibility index (Phi) is 3.24. The van der Waals surface area contributed by atoms with Crippen molar-refractivity contribution in [2.24, 2.45) is 11.3 Å². The molecule has 1 aromatic heterocycles. The fourth-order valence-electron chi connectivity index (χ4n) is 3.12. The summed E-state index contributed by atoms with van der Waals surface area (Å²) in [4.78, 5) is 28.1. The third-order valence-corrected chi connectivity index (χ3v) is 4.52. The molecule has 1 aromatic carbocycles. The lowest BCUT2D eigenvalue weighted by Gasteiger charge is -2.20. The Morgan fingerprint density at radius 1 is 1.24 bits per heavy atom. The van der Waals surface area contributed by atoms with Crippen molar-refractivity contribution in [1.29, 1.82) is 0 Å². The standard InChI is InChI=1S/C16H21N3O2/c1-4-17-13(10-8-16(10,2)3)9-5-6-11-12(7-9)19-15(21)14(20)18-11/h5-7,10,13,17H,4,8H2,1-3H3,(H,18,20)(H,19,21). The first-order chi connectivity index (χ1) is 9.92. The van der Waals surface area contributed by atoms with E-state index < -0.39 is 11.1 Å². The van der Waals surface area contributed by atoms with Crippen LogP contribution in [-0.2, 0) is 0 Å². The van der Waals surface area contributed by atoms with Gasteiger partial charge in [-0.3, -0.25) is 9.59 Å². The number of hydrogen-bond acceptors (Lipinski definition) is 3. The molecule has 5 heteroatoms. The number of aromatic amines is 2. The number of H-pyrrole nitrogens is 2. The van der Waals surface area contributed by atoms with Gasteiger partial charge >= 0.3 is 11.1 Å². The first kappa shape index (κ1) is 14.1. The first-order valence-electron chi connectivity index (χ1n) is 7.42. The van der Waals surface area contributed by atoms with Crippen molar-refractivity contribution in [3.63, 3.8) is 0 Å². The van der Waals surface area contributed by atoms with E-state index in [1.165, 1.54) is 6.42 Å². The second-order valence-electron chi connectivity index (χ2n) is 6.55. The number of benzene rings is 1. The van der Waals surface area contributed by atoms with Gasteiger partial charge in [0.1, 0.15) is 0 Å². The molecule has 0 spiro atoms. The summed E-state index contributed by atoms with van der Waals surface area (Å²) in [5, 5.41) is 3.54. The minimum absolute atomic E-state index is 0.282. The highest BCUT2D eigenvalue weighted by Crippen LogP contribution is 2.57. The molecule has 1 aliphatic carbocycles. The van der Waals surface area contributed by atoms with Crippen molar-refractivity contribution in [1.82, 2.24) is 15.3 Å². The molecule has 1 aliphatic rings. The van der Waals surface area contributed by atoms with Crippen LogP contribution in [0.4, 0.5) is 0 Å². The maximum atomic E-state index is 11.5. The van der Waals surface area contributed by atoms with Gasteiger partial charge in [0.15, 0.2) is 0 Å². The molecule has 0 aliphatic heterocycles. The molecule has 3 N–H and O–H groups in total. The normalized spacial score (nSPS) is 21.4. The third-order valence-electron chi connectivity index (χ3n) is 4.52. The average molecular weight is 287 g/mol. The summed E-state index contributed by atoms with van der Waals surface area (Å²) in [7, 11) is 0. The first-order valence-corrected chi connectivity index (χ1v) is 7.42. The van der Waals surface area contributed by atoms with Gasteiger partial charge in [-0.25, -0.2) is 0 Å². The van der Waals surface area contributed by atoms with Gasteiger partial charge in [-0.15, -0.1) is 0 Å². The highest BCUT2D eigenvalue weighted by molar-refractivity contribution is 5.74. The molecule has 0 radical (unpaired) electrons. The zero-order valence-corrected chi connectivity index (χ0v) is 12.6. The lowest BCUT2D eigenvalue weighted by molar-refractivity contribution is 0.424. The predicted octanol–water partition coefficient (Wildman–Crippen LogP) is 1.91. The molecule has 1 saturated carbocycles. The fraction of sp³-hybridized carbons (Fsp3) is 0.500.